The van der Waals surface area contributed by atoms with Gasteiger partial charge in [-0.3, -0.25) is 4.79 Å². The van der Waals surface area contributed by atoms with Crippen molar-refractivity contribution in [1.29, 1.82) is 0 Å². The highest BCUT2D eigenvalue weighted by Gasteiger charge is 2.40. The van der Waals surface area contributed by atoms with Crippen LogP contribution in [0.15, 0.2) is 23.1 Å². The van der Waals surface area contributed by atoms with Gasteiger partial charge in [0.1, 0.15) is 5.82 Å². The number of carboxylic acids is 1. The van der Waals surface area contributed by atoms with Gasteiger partial charge in [-0.2, -0.15) is 4.31 Å². The fraction of sp³-hybridized carbons (Fsp3) is 0.500. The van der Waals surface area contributed by atoms with Crippen molar-refractivity contribution in [3.8, 4) is 0 Å². The summed E-state index contributed by atoms with van der Waals surface area (Å²) in [6.07, 6.45) is 0.930. The maximum Gasteiger partial charge on any atom is 0.308 e. The van der Waals surface area contributed by atoms with E-state index in [-0.39, 0.29) is 11.4 Å². The number of rotatable bonds is 3. The molecule has 116 valence electrons. The van der Waals surface area contributed by atoms with E-state index in [9.17, 15) is 22.7 Å². The van der Waals surface area contributed by atoms with Gasteiger partial charge in [-0.25, -0.2) is 12.8 Å². The van der Waals surface area contributed by atoms with Gasteiger partial charge in [0.2, 0.25) is 10.0 Å². The molecule has 1 aromatic carbocycles. The maximum atomic E-state index is 13.4. The molecule has 0 aliphatic carbocycles. The monoisotopic (exact) mass is 315 g/mol. The van der Waals surface area contributed by atoms with Crippen molar-refractivity contribution in [1.82, 2.24) is 4.31 Å². The fourth-order valence-electron chi connectivity index (χ4n) is 2.76. The molecular formula is C14H18FNO4S. The first kappa shape index (κ1) is 15.9. The number of aliphatic carboxylic acids is 1. The molecule has 0 aromatic heterocycles. The molecule has 2 atom stereocenters. The van der Waals surface area contributed by atoms with Crippen LogP contribution in [0.25, 0.3) is 0 Å². The molecule has 0 bridgehead atoms. The Bertz CT molecular complexity index is 659. The van der Waals surface area contributed by atoms with Crippen LogP contribution in [0.3, 0.4) is 0 Å². The molecule has 0 radical (unpaired) electrons. The Morgan fingerprint density at radius 1 is 1.43 bits per heavy atom. The van der Waals surface area contributed by atoms with E-state index in [0.29, 0.717) is 18.4 Å². The van der Waals surface area contributed by atoms with Crippen molar-refractivity contribution in [3.05, 3.63) is 29.6 Å². The molecule has 1 fully saturated rings. The second kappa shape index (κ2) is 5.73. The lowest BCUT2D eigenvalue weighted by Crippen LogP contribution is -2.49. The second-order valence-electron chi connectivity index (χ2n) is 5.35. The minimum Gasteiger partial charge on any atom is -0.481 e. The van der Waals surface area contributed by atoms with Crippen LogP contribution in [-0.2, 0) is 14.8 Å². The number of carboxylic acid groups (broad SMARTS) is 1. The number of piperidine rings is 1. The lowest BCUT2D eigenvalue weighted by atomic mass is 9.92. The average molecular weight is 315 g/mol. The summed E-state index contributed by atoms with van der Waals surface area (Å²) in [6.45, 7) is 3.43. The first-order valence-corrected chi connectivity index (χ1v) is 8.20. The van der Waals surface area contributed by atoms with Gasteiger partial charge >= 0.3 is 5.97 Å². The molecule has 0 amide bonds. The van der Waals surface area contributed by atoms with Crippen LogP contribution in [0, 0.1) is 18.7 Å². The Morgan fingerprint density at radius 3 is 2.71 bits per heavy atom. The predicted molar refractivity (Wildman–Crippen MR) is 74.9 cm³/mol. The first-order chi connectivity index (χ1) is 9.75. The summed E-state index contributed by atoms with van der Waals surface area (Å²) in [7, 11) is -3.90. The molecular weight excluding hydrogens is 297 g/mol. The molecule has 1 N–H and O–H groups in total. The lowest BCUT2D eigenvalue weighted by Gasteiger charge is -2.36. The van der Waals surface area contributed by atoms with Crippen LogP contribution in [0.2, 0.25) is 0 Å². The summed E-state index contributed by atoms with van der Waals surface area (Å²) in [6, 6.07) is 2.95. The van der Waals surface area contributed by atoms with Gasteiger partial charge in [-0.1, -0.05) is 6.07 Å². The minimum atomic E-state index is -3.90. The van der Waals surface area contributed by atoms with Gasteiger partial charge in [-0.05, 0) is 44.4 Å². The van der Waals surface area contributed by atoms with Crippen LogP contribution in [0.4, 0.5) is 4.39 Å². The molecule has 1 aromatic rings. The molecule has 2 rings (SSSR count). The Hall–Kier alpha value is -1.47. The average Bonchev–Trinajstić information content (AvgIpc) is 2.41. The quantitative estimate of drug-likeness (QED) is 0.926. The van der Waals surface area contributed by atoms with Crippen molar-refractivity contribution in [2.24, 2.45) is 5.92 Å². The molecule has 1 heterocycles. The normalized spacial score (nSPS) is 24.0. The minimum absolute atomic E-state index is 0.0969. The van der Waals surface area contributed by atoms with Gasteiger partial charge in [0.05, 0.1) is 10.8 Å². The Kier molecular flexibility index (Phi) is 4.34. The molecule has 0 spiro atoms. The molecule has 7 heteroatoms. The van der Waals surface area contributed by atoms with Gasteiger partial charge in [0, 0.05) is 12.6 Å². The van der Waals surface area contributed by atoms with Crippen molar-refractivity contribution in [2.45, 2.75) is 37.6 Å². The van der Waals surface area contributed by atoms with Crippen molar-refractivity contribution >= 4 is 16.0 Å². The van der Waals surface area contributed by atoms with Crippen LogP contribution in [0.1, 0.15) is 25.3 Å². The van der Waals surface area contributed by atoms with Crippen LogP contribution >= 0.6 is 0 Å². The highest BCUT2D eigenvalue weighted by Crippen LogP contribution is 2.30. The van der Waals surface area contributed by atoms with Gasteiger partial charge < -0.3 is 5.11 Å². The Morgan fingerprint density at radius 2 is 2.10 bits per heavy atom. The number of aryl methyl sites for hydroxylation is 1. The van der Waals surface area contributed by atoms with Crippen LogP contribution in [-0.4, -0.2) is 36.4 Å². The Balaban J connectivity index is 2.43. The van der Waals surface area contributed by atoms with E-state index in [1.54, 1.807) is 13.8 Å². The number of halogens is 1. The van der Waals surface area contributed by atoms with Crippen molar-refractivity contribution in [2.75, 3.05) is 6.54 Å². The van der Waals surface area contributed by atoms with Gasteiger partial charge in [0.25, 0.3) is 0 Å². The summed E-state index contributed by atoms with van der Waals surface area (Å²) in [5, 5.41) is 9.18. The van der Waals surface area contributed by atoms with E-state index < -0.39 is 33.8 Å². The molecule has 5 nitrogen and oxygen atoms in total. The molecule has 1 aliphatic rings. The third-order valence-corrected chi connectivity index (χ3v) is 6.11. The fourth-order valence-corrected chi connectivity index (χ4v) is 4.70. The third kappa shape index (κ3) is 2.94. The molecule has 1 saturated heterocycles. The first-order valence-electron chi connectivity index (χ1n) is 6.76. The van der Waals surface area contributed by atoms with Crippen LogP contribution in [0.5, 0.6) is 0 Å². The van der Waals surface area contributed by atoms with E-state index in [4.69, 9.17) is 0 Å². The van der Waals surface area contributed by atoms with E-state index in [1.807, 2.05) is 0 Å². The summed E-state index contributed by atoms with van der Waals surface area (Å²) in [5.74, 6) is -2.36. The number of benzene rings is 1. The number of carbonyl (C=O) groups is 1. The van der Waals surface area contributed by atoms with E-state index >= 15 is 0 Å². The molecule has 1 aliphatic heterocycles. The summed E-state index contributed by atoms with van der Waals surface area (Å²) in [4.78, 5) is 11.1. The summed E-state index contributed by atoms with van der Waals surface area (Å²) >= 11 is 0. The number of hydrogen-bond acceptors (Lipinski definition) is 3. The van der Waals surface area contributed by atoms with E-state index in [2.05, 4.69) is 0 Å². The van der Waals surface area contributed by atoms with Crippen LogP contribution < -0.4 is 0 Å². The highest BCUT2D eigenvalue weighted by molar-refractivity contribution is 7.89. The topological polar surface area (TPSA) is 74.7 Å². The predicted octanol–water partition coefficient (Wildman–Crippen LogP) is 2.01. The SMILES string of the molecule is Cc1ccc(F)cc1S(=O)(=O)N1CCC[C@@H](C(=O)O)[C@H]1C. The standard InChI is InChI=1S/C14H18FNO4S/c1-9-5-6-11(15)8-13(9)21(19,20)16-7-3-4-12(10(16)2)14(17)18/h5-6,8,10,12H,3-4,7H2,1-2H3,(H,17,18)/t10-,12-/m1/s1. The number of nitrogens with zero attached hydrogens (tertiary/aromatic N) is 1. The third-order valence-electron chi connectivity index (χ3n) is 3.98. The zero-order valence-electron chi connectivity index (χ0n) is 11.9. The smallest absolute Gasteiger partial charge is 0.308 e. The van der Waals surface area contributed by atoms with Crippen molar-refractivity contribution < 1.29 is 22.7 Å². The highest BCUT2D eigenvalue weighted by atomic mass is 32.2. The molecule has 0 unspecified atom stereocenters. The number of sulfonamides is 1. The zero-order chi connectivity index (χ0) is 15.8. The Labute approximate surface area is 123 Å². The zero-order valence-corrected chi connectivity index (χ0v) is 12.7. The molecule has 21 heavy (non-hydrogen) atoms. The molecule has 0 saturated carbocycles. The second-order valence-corrected chi connectivity index (χ2v) is 7.21. The van der Waals surface area contributed by atoms with Gasteiger partial charge in [-0.15, -0.1) is 0 Å². The maximum absolute atomic E-state index is 13.4. The lowest BCUT2D eigenvalue weighted by molar-refractivity contribution is -0.144. The number of hydrogen-bond donors (Lipinski definition) is 1. The van der Waals surface area contributed by atoms with Gasteiger partial charge in [0.15, 0.2) is 0 Å². The van der Waals surface area contributed by atoms with E-state index in [0.717, 1.165) is 6.07 Å². The van der Waals surface area contributed by atoms with E-state index in [1.165, 1.54) is 16.4 Å². The summed E-state index contributed by atoms with van der Waals surface area (Å²) in [5.41, 5.74) is 0.445. The largest absolute Gasteiger partial charge is 0.481 e. The summed E-state index contributed by atoms with van der Waals surface area (Å²) < 4.78 is 40.0. The van der Waals surface area contributed by atoms with Crippen molar-refractivity contribution in [3.63, 3.8) is 0 Å².